The number of aryl methyl sites for hydroxylation is 2. The van der Waals surface area contributed by atoms with E-state index in [4.69, 9.17) is 11.6 Å². The number of halogens is 1. The molecule has 3 aromatic rings. The summed E-state index contributed by atoms with van der Waals surface area (Å²) in [5.41, 5.74) is 4.70. The summed E-state index contributed by atoms with van der Waals surface area (Å²) < 4.78 is 1.71. The van der Waals surface area contributed by atoms with E-state index in [1.54, 1.807) is 4.52 Å². The Bertz CT molecular complexity index is 1040. The molecule has 152 valence electrons. The molecule has 1 saturated heterocycles. The van der Waals surface area contributed by atoms with E-state index in [1.165, 1.54) is 25.6 Å². The number of benzene rings is 1. The van der Waals surface area contributed by atoms with Crippen molar-refractivity contribution < 1.29 is 4.79 Å². The summed E-state index contributed by atoms with van der Waals surface area (Å²) in [4.78, 5) is 23.7. The Morgan fingerprint density at radius 2 is 2.00 bits per heavy atom. The van der Waals surface area contributed by atoms with Gasteiger partial charge in [0.05, 0.1) is 11.4 Å². The predicted molar refractivity (Wildman–Crippen MR) is 115 cm³/mol. The van der Waals surface area contributed by atoms with Crippen LogP contribution in [0.3, 0.4) is 0 Å². The van der Waals surface area contributed by atoms with E-state index in [0.29, 0.717) is 23.6 Å². The molecule has 0 radical (unpaired) electrons. The second-order valence-electron chi connectivity index (χ2n) is 7.49. The number of nitrogens with one attached hydrogen (secondary N) is 1. The van der Waals surface area contributed by atoms with Gasteiger partial charge in [0.1, 0.15) is 6.33 Å². The molecule has 29 heavy (non-hydrogen) atoms. The third-order valence-electron chi connectivity index (χ3n) is 5.52. The van der Waals surface area contributed by atoms with Crippen LogP contribution < -0.4 is 10.2 Å². The lowest BCUT2D eigenvalue weighted by atomic mass is 10.1. The summed E-state index contributed by atoms with van der Waals surface area (Å²) in [6, 6.07) is 5.72. The molecule has 0 aliphatic carbocycles. The summed E-state index contributed by atoms with van der Waals surface area (Å²) in [6.45, 7) is 5.94. The molecule has 1 N–H and O–H groups in total. The number of fused-ring (bicyclic) bond motifs is 1. The van der Waals surface area contributed by atoms with Crippen LogP contribution >= 0.6 is 11.6 Å². The van der Waals surface area contributed by atoms with Gasteiger partial charge in [-0.2, -0.15) is 10.1 Å². The molecule has 0 unspecified atom stereocenters. The van der Waals surface area contributed by atoms with Gasteiger partial charge < -0.3 is 10.2 Å². The van der Waals surface area contributed by atoms with Gasteiger partial charge in [-0.05, 0) is 63.3 Å². The third kappa shape index (κ3) is 4.19. The van der Waals surface area contributed by atoms with Crippen LogP contribution in [0.4, 0.5) is 11.4 Å². The average Bonchev–Trinajstić information content (AvgIpc) is 3.17. The highest BCUT2D eigenvalue weighted by Crippen LogP contribution is 2.31. The standard InChI is InChI=1S/C21H25ClN6O/c1-14-17(15(2)28-21(25-14)23-13-24-28)7-9-20(29)26-18-12-16(22)6-8-19(18)27-10-4-3-5-11-27/h6,8,12-13H,3-5,7,9-11H2,1-2H3,(H,26,29). The van der Waals surface area contributed by atoms with Crippen molar-refractivity contribution in [3.8, 4) is 0 Å². The molecule has 1 aliphatic rings. The Morgan fingerprint density at radius 1 is 1.21 bits per heavy atom. The summed E-state index contributed by atoms with van der Waals surface area (Å²) in [6.07, 6.45) is 6.04. The fourth-order valence-electron chi connectivity index (χ4n) is 3.99. The molecule has 0 bridgehead atoms. The molecule has 8 heteroatoms. The average molecular weight is 413 g/mol. The topological polar surface area (TPSA) is 75.4 Å². The van der Waals surface area contributed by atoms with Gasteiger partial charge in [0.25, 0.3) is 5.78 Å². The predicted octanol–water partition coefficient (Wildman–Crippen LogP) is 3.96. The number of piperidine rings is 1. The number of nitrogens with zero attached hydrogens (tertiary/aromatic N) is 5. The lowest BCUT2D eigenvalue weighted by molar-refractivity contribution is -0.116. The lowest BCUT2D eigenvalue weighted by Crippen LogP contribution is -2.30. The van der Waals surface area contributed by atoms with Crippen LogP contribution in [0.5, 0.6) is 0 Å². The zero-order valence-electron chi connectivity index (χ0n) is 16.8. The van der Waals surface area contributed by atoms with Crippen LogP contribution in [0.2, 0.25) is 5.02 Å². The minimum absolute atomic E-state index is 0.0389. The van der Waals surface area contributed by atoms with Crippen LogP contribution in [0.1, 0.15) is 42.6 Å². The summed E-state index contributed by atoms with van der Waals surface area (Å²) in [5.74, 6) is 0.543. The van der Waals surface area contributed by atoms with Gasteiger partial charge in [0.15, 0.2) is 0 Å². The van der Waals surface area contributed by atoms with Crippen LogP contribution in [-0.2, 0) is 11.2 Å². The molecule has 4 rings (SSSR count). The second kappa shape index (κ2) is 8.37. The lowest BCUT2D eigenvalue weighted by Gasteiger charge is -2.30. The summed E-state index contributed by atoms with van der Waals surface area (Å²) in [7, 11) is 0. The fourth-order valence-corrected chi connectivity index (χ4v) is 4.16. The van der Waals surface area contributed by atoms with Crippen molar-refractivity contribution in [2.45, 2.75) is 46.0 Å². The highest BCUT2D eigenvalue weighted by Gasteiger charge is 2.17. The van der Waals surface area contributed by atoms with Crippen LogP contribution in [0, 0.1) is 13.8 Å². The van der Waals surface area contributed by atoms with Crippen LogP contribution in [0.15, 0.2) is 24.5 Å². The smallest absolute Gasteiger partial charge is 0.252 e. The maximum atomic E-state index is 12.7. The highest BCUT2D eigenvalue weighted by atomic mass is 35.5. The number of carbonyl (C=O) groups excluding carboxylic acids is 1. The monoisotopic (exact) mass is 412 g/mol. The Hall–Kier alpha value is -2.67. The SMILES string of the molecule is Cc1nc2ncnn2c(C)c1CCC(=O)Nc1cc(Cl)ccc1N1CCCCC1. The second-order valence-corrected chi connectivity index (χ2v) is 7.93. The number of anilines is 2. The van der Waals surface area contributed by atoms with Gasteiger partial charge in [0.2, 0.25) is 5.91 Å². The molecule has 1 aliphatic heterocycles. The number of amides is 1. The van der Waals surface area contributed by atoms with Crippen molar-refractivity contribution in [1.29, 1.82) is 0 Å². The molecule has 7 nitrogen and oxygen atoms in total. The van der Waals surface area contributed by atoms with Crippen molar-refractivity contribution in [3.05, 3.63) is 46.5 Å². The van der Waals surface area contributed by atoms with Crippen LogP contribution in [-0.4, -0.2) is 38.6 Å². The quantitative estimate of drug-likeness (QED) is 0.686. The van der Waals surface area contributed by atoms with E-state index in [9.17, 15) is 4.79 Å². The maximum Gasteiger partial charge on any atom is 0.252 e. The Labute approximate surface area is 175 Å². The van der Waals surface area contributed by atoms with Gasteiger partial charge >= 0.3 is 0 Å². The summed E-state index contributed by atoms with van der Waals surface area (Å²) in [5, 5.41) is 7.90. The number of hydrogen-bond donors (Lipinski definition) is 1. The zero-order chi connectivity index (χ0) is 20.4. The Morgan fingerprint density at radius 3 is 2.79 bits per heavy atom. The van der Waals surface area contributed by atoms with Crippen molar-refractivity contribution in [3.63, 3.8) is 0 Å². The van der Waals surface area contributed by atoms with Gasteiger partial charge in [-0.25, -0.2) is 9.50 Å². The van der Waals surface area contributed by atoms with Gasteiger partial charge in [0, 0.05) is 35.9 Å². The molecular weight excluding hydrogens is 388 g/mol. The maximum absolute atomic E-state index is 12.7. The number of hydrogen-bond acceptors (Lipinski definition) is 5. The van der Waals surface area contributed by atoms with E-state index in [1.807, 2.05) is 32.0 Å². The van der Waals surface area contributed by atoms with Gasteiger partial charge in [-0.1, -0.05) is 11.6 Å². The summed E-state index contributed by atoms with van der Waals surface area (Å²) >= 11 is 6.20. The fraction of sp³-hybridized carbons (Fsp3) is 0.429. The van der Waals surface area contributed by atoms with E-state index in [-0.39, 0.29) is 5.91 Å². The normalized spacial score (nSPS) is 14.4. The minimum atomic E-state index is -0.0389. The van der Waals surface area contributed by atoms with Gasteiger partial charge in [-0.3, -0.25) is 4.79 Å². The van der Waals surface area contributed by atoms with Crippen molar-refractivity contribution in [1.82, 2.24) is 19.6 Å². The molecule has 3 heterocycles. The Kier molecular flexibility index (Phi) is 5.67. The van der Waals surface area contributed by atoms with E-state index < -0.39 is 0 Å². The molecule has 0 atom stereocenters. The van der Waals surface area contributed by atoms with Crippen LogP contribution in [0.25, 0.3) is 5.78 Å². The number of aromatic nitrogens is 4. The van der Waals surface area contributed by atoms with Crippen molar-refractivity contribution in [2.24, 2.45) is 0 Å². The molecule has 1 aromatic carbocycles. The van der Waals surface area contributed by atoms with Crippen molar-refractivity contribution >= 4 is 34.7 Å². The zero-order valence-corrected chi connectivity index (χ0v) is 17.5. The van der Waals surface area contributed by atoms with E-state index in [2.05, 4.69) is 25.3 Å². The molecule has 0 spiro atoms. The minimum Gasteiger partial charge on any atom is -0.370 e. The molecular formula is C21H25ClN6O. The first-order valence-corrected chi connectivity index (χ1v) is 10.4. The molecule has 1 fully saturated rings. The number of rotatable bonds is 5. The first kappa shape index (κ1) is 19.6. The van der Waals surface area contributed by atoms with E-state index in [0.717, 1.165) is 41.4 Å². The molecule has 0 saturated carbocycles. The third-order valence-corrected chi connectivity index (χ3v) is 5.76. The highest BCUT2D eigenvalue weighted by molar-refractivity contribution is 6.31. The van der Waals surface area contributed by atoms with Gasteiger partial charge in [-0.15, -0.1) is 0 Å². The Balaban J connectivity index is 1.49. The van der Waals surface area contributed by atoms with Crippen molar-refractivity contribution in [2.75, 3.05) is 23.3 Å². The first-order valence-electron chi connectivity index (χ1n) is 10.0. The molecule has 1 amide bonds. The number of carbonyl (C=O) groups is 1. The first-order chi connectivity index (χ1) is 14.0. The van der Waals surface area contributed by atoms with E-state index >= 15 is 0 Å². The largest absolute Gasteiger partial charge is 0.370 e. The molecule has 2 aromatic heterocycles.